The summed E-state index contributed by atoms with van der Waals surface area (Å²) >= 11 is 6.06. The number of nitrogens with zero attached hydrogens (tertiary/aromatic N) is 4. The van der Waals surface area contributed by atoms with Crippen molar-refractivity contribution in [2.24, 2.45) is 0 Å². The topological polar surface area (TPSA) is 106 Å². The van der Waals surface area contributed by atoms with Crippen LogP contribution in [0.1, 0.15) is 32.1 Å². The lowest BCUT2D eigenvalue weighted by molar-refractivity contribution is -0.383. The van der Waals surface area contributed by atoms with Crippen molar-refractivity contribution in [2.45, 2.75) is 38.1 Å². The fourth-order valence-corrected chi connectivity index (χ4v) is 3.75. The van der Waals surface area contributed by atoms with E-state index in [-0.39, 0.29) is 11.4 Å². The van der Waals surface area contributed by atoms with Gasteiger partial charge in [0, 0.05) is 41.2 Å². The minimum Gasteiger partial charge on any atom is -0.351 e. The van der Waals surface area contributed by atoms with Crippen LogP contribution in [0.4, 0.5) is 23.1 Å². The molecule has 0 radical (unpaired) electrons. The van der Waals surface area contributed by atoms with Crippen molar-refractivity contribution >= 4 is 34.7 Å². The van der Waals surface area contributed by atoms with E-state index in [1.54, 1.807) is 18.5 Å². The van der Waals surface area contributed by atoms with Crippen LogP contribution in [0.3, 0.4) is 0 Å². The Bertz CT molecular complexity index is 1040. The average molecular weight is 425 g/mol. The predicted octanol–water partition coefficient (Wildman–Crippen LogP) is 5.59. The van der Waals surface area contributed by atoms with Gasteiger partial charge in [-0.15, -0.1) is 0 Å². The third-order valence-corrected chi connectivity index (χ3v) is 5.29. The number of hydrogen-bond acceptors (Lipinski definition) is 7. The predicted molar refractivity (Wildman–Crippen MR) is 117 cm³/mol. The van der Waals surface area contributed by atoms with Crippen LogP contribution >= 0.6 is 11.6 Å². The summed E-state index contributed by atoms with van der Waals surface area (Å²) in [6.45, 7) is 0. The molecule has 0 amide bonds. The van der Waals surface area contributed by atoms with Gasteiger partial charge in [0.1, 0.15) is 11.5 Å². The second-order valence-corrected chi connectivity index (χ2v) is 7.66. The molecule has 30 heavy (non-hydrogen) atoms. The molecule has 8 nitrogen and oxygen atoms in total. The molecule has 2 N–H and O–H groups in total. The van der Waals surface area contributed by atoms with Gasteiger partial charge in [-0.3, -0.25) is 15.1 Å². The highest BCUT2D eigenvalue weighted by atomic mass is 35.5. The maximum Gasteiger partial charge on any atom is 0.292 e. The highest BCUT2D eigenvalue weighted by Crippen LogP contribution is 2.31. The van der Waals surface area contributed by atoms with Crippen LogP contribution < -0.4 is 10.6 Å². The molecule has 2 aromatic heterocycles. The van der Waals surface area contributed by atoms with Gasteiger partial charge in [0.2, 0.25) is 5.95 Å². The Balaban J connectivity index is 1.70. The molecule has 2 heterocycles. The monoisotopic (exact) mass is 424 g/mol. The van der Waals surface area contributed by atoms with E-state index in [0.717, 1.165) is 18.4 Å². The zero-order chi connectivity index (χ0) is 20.9. The Kier molecular flexibility index (Phi) is 6.04. The van der Waals surface area contributed by atoms with Crippen molar-refractivity contribution in [2.75, 3.05) is 10.6 Å². The number of nitrogens with one attached hydrogen (secondary N) is 2. The Hall–Kier alpha value is -3.26. The molecular weight excluding hydrogens is 404 g/mol. The van der Waals surface area contributed by atoms with Crippen molar-refractivity contribution in [1.29, 1.82) is 0 Å². The van der Waals surface area contributed by atoms with E-state index in [4.69, 9.17) is 11.6 Å². The van der Waals surface area contributed by atoms with E-state index in [1.807, 2.05) is 12.1 Å². The van der Waals surface area contributed by atoms with E-state index in [1.165, 1.54) is 37.5 Å². The van der Waals surface area contributed by atoms with Crippen LogP contribution in [0.15, 0.2) is 48.8 Å². The maximum atomic E-state index is 11.4. The lowest BCUT2D eigenvalue weighted by Crippen LogP contribution is -2.23. The zero-order valence-electron chi connectivity index (χ0n) is 16.2. The van der Waals surface area contributed by atoms with E-state index in [0.29, 0.717) is 28.5 Å². The van der Waals surface area contributed by atoms with Gasteiger partial charge in [-0.2, -0.15) is 4.98 Å². The second-order valence-electron chi connectivity index (χ2n) is 7.22. The third-order valence-electron chi connectivity index (χ3n) is 5.06. The molecule has 1 aliphatic carbocycles. The summed E-state index contributed by atoms with van der Waals surface area (Å²) in [4.78, 5) is 24.2. The average Bonchev–Trinajstić information content (AvgIpc) is 2.75. The lowest BCUT2D eigenvalue weighted by Gasteiger charge is -2.23. The minimum atomic E-state index is -0.454. The first-order valence-electron chi connectivity index (χ1n) is 9.85. The van der Waals surface area contributed by atoms with E-state index in [9.17, 15) is 10.1 Å². The summed E-state index contributed by atoms with van der Waals surface area (Å²) in [5.74, 6) is 0.934. The van der Waals surface area contributed by atoms with Gasteiger partial charge in [-0.25, -0.2) is 4.98 Å². The zero-order valence-corrected chi connectivity index (χ0v) is 17.0. The smallest absolute Gasteiger partial charge is 0.292 e. The van der Waals surface area contributed by atoms with Crippen LogP contribution in [0.2, 0.25) is 5.02 Å². The maximum absolute atomic E-state index is 11.4. The second kappa shape index (κ2) is 9.04. The number of pyridine rings is 1. The van der Waals surface area contributed by atoms with Gasteiger partial charge in [0.05, 0.1) is 10.6 Å². The summed E-state index contributed by atoms with van der Waals surface area (Å²) in [5.41, 5.74) is 1.77. The van der Waals surface area contributed by atoms with Crippen molar-refractivity contribution < 1.29 is 4.92 Å². The van der Waals surface area contributed by atoms with Crippen LogP contribution in [0, 0.1) is 10.1 Å². The Morgan fingerprint density at radius 2 is 1.80 bits per heavy atom. The molecule has 3 aromatic rings. The van der Waals surface area contributed by atoms with E-state index in [2.05, 4.69) is 25.6 Å². The molecule has 9 heteroatoms. The van der Waals surface area contributed by atoms with Gasteiger partial charge < -0.3 is 10.6 Å². The molecule has 0 bridgehead atoms. The van der Waals surface area contributed by atoms with Crippen molar-refractivity contribution in [3.8, 4) is 11.3 Å². The number of benzene rings is 1. The van der Waals surface area contributed by atoms with Gasteiger partial charge >= 0.3 is 0 Å². The molecule has 0 saturated heterocycles. The molecule has 0 unspecified atom stereocenters. The Morgan fingerprint density at radius 3 is 2.53 bits per heavy atom. The highest BCUT2D eigenvalue weighted by molar-refractivity contribution is 6.31. The molecule has 1 fully saturated rings. The van der Waals surface area contributed by atoms with Crippen molar-refractivity contribution in [3.05, 3.63) is 63.9 Å². The summed E-state index contributed by atoms with van der Waals surface area (Å²) in [5, 5.41) is 18.3. The van der Waals surface area contributed by atoms with Gasteiger partial charge in [0.25, 0.3) is 5.69 Å². The molecule has 0 aliphatic heterocycles. The highest BCUT2D eigenvalue weighted by Gasteiger charge is 2.18. The largest absolute Gasteiger partial charge is 0.351 e. The fourth-order valence-electron chi connectivity index (χ4n) is 3.58. The van der Waals surface area contributed by atoms with Crippen LogP contribution in [-0.4, -0.2) is 25.9 Å². The SMILES string of the molecule is O=[N+]([O-])c1ccc(Cl)cc1Nc1cc(-c2ccncc2)nc(NC2CCCCC2)n1. The molecule has 154 valence electrons. The lowest BCUT2D eigenvalue weighted by atomic mass is 9.96. The number of nitro groups is 1. The van der Waals surface area contributed by atoms with Crippen LogP contribution in [-0.2, 0) is 0 Å². The number of anilines is 3. The number of hydrogen-bond donors (Lipinski definition) is 2. The molecule has 0 atom stereocenters. The molecule has 0 spiro atoms. The molecule has 1 aliphatic rings. The quantitative estimate of drug-likeness (QED) is 0.392. The number of rotatable bonds is 6. The first kappa shape index (κ1) is 20.0. The summed E-state index contributed by atoms with van der Waals surface area (Å²) in [6, 6.07) is 10.2. The van der Waals surface area contributed by atoms with E-state index < -0.39 is 4.92 Å². The van der Waals surface area contributed by atoms with Crippen LogP contribution in [0.5, 0.6) is 0 Å². The number of nitro benzene ring substituents is 1. The first-order valence-corrected chi connectivity index (χ1v) is 10.2. The summed E-state index contributed by atoms with van der Waals surface area (Å²) < 4.78 is 0. The first-order chi connectivity index (χ1) is 14.6. The third kappa shape index (κ3) is 4.83. The molecule has 1 aromatic carbocycles. The normalized spacial score (nSPS) is 14.3. The van der Waals surface area contributed by atoms with E-state index >= 15 is 0 Å². The number of halogens is 1. The fraction of sp³-hybridized carbons (Fsp3) is 0.286. The standard InChI is InChI=1S/C21H21ClN6O2/c22-15-6-7-19(28(29)30)18(12-15)25-20-13-17(14-8-10-23-11-9-14)26-21(27-20)24-16-4-2-1-3-5-16/h6-13,16H,1-5H2,(H2,24,25,26,27). The minimum absolute atomic E-state index is 0.0785. The molecule has 1 saturated carbocycles. The Labute approximate surface area is 178 Å². The van der Waals surface area contributed by atoms with Crippen molar-refractivity contribution in [3.63, 3.8) is 0 Å². The Morgan fingerprint density at radius 1 is 1.03 bits per heavy atom. The molecular formula is C21H21ClN6O2. The van der Waals surface area contributed by atoms with Gasteiger partial charge in [0.15, 0.2) is 0 Å². The summed E-state index contributed by atoms with van der Waals surface area (Å²) in [7, 11) is 0. The van der Waals surface area contributed by atoms with Gasteiger partial charge in [-0.05, 0) is 37.1 Å². The molecule has 4 rings (SSSR count). The summed E-state index contributed by atoms with van der Waals surface area (Å²) in [6.07, 6.45) is 9.16. The van der Waals surface area contributed by atoms with Gasteiger partial charge in [-0.1, -0.05) is 30.9 Å². The van der Waals surface area contributed by atoms with Crippen LogP contribution in [0.25, 0.3) is 11.3 Å². The number of aromatic nitrogens is 3. The van der Waals surface area contributed by atoms with Crippen molar-refractivity contribution in [1.82, 2.24) is 15.0 Å².